The molecule has 1 spiro atoms. The molecule has 1 amide bonds. The molecule has 0 N–H and O–H groups in total. The molecular formula is C20H25N3O3. The summed E-state index contributed by atoms with van der Waals surface area (Å²) in [4.78, 5) is 18.6. The molecule has 6 nitrogen and oxygen atoms in total. The van der Waals surface area contributed by atoms with Gasteiger partial charge in [0.2, 0.25) is 0 Å². The smallest absolute Gasteiger partial charge is 0.270 e. The van der Waals surface area contributed by atoms with Gasteiger partial charge in [-0.3, -0.25) is 9.78 Å². The molecule has 2 aromatic rings. The van der Waals surface area contributed by atoms with Crippen LogP contribution in [0.15, 0.2) is 42.9 Å². The highest BCUT2D eigenvalue weighted by Crippen LogP contribution is 2.37. The van der Waals surface area contributed by atoms with Crippen molar-refractivity contribution < 1.29 is 14.3 Å². The van der Waals surface area contributed by atoms with Crippen LogP contribution < -0.4 is 0 Å². The molecule has 0 unspecified atom stereocenters. The summed E-state index contributed by atoms with van der Waals surface area (Å²) in [6, 6.07) is 7.73. The van der Waals surface area contributed by atoms with Gasteiger partial charge in [-0.15, -0.1) is 0 Å². The van der Waals surface area contributed by atoms with Crippen molar-refractivity contribution in [2.45, 2.75) is 37.6 Å². The van der Waals surface area contributed by atoms with E-state index < -0.39 is 0 Å². The highest BCUT2D eigenvalue weighted by Gasteiger charge is 2.44. The van der Waals surface area contributed by atoms with Crippen LogP contribution in [0.25, 0.3) is 0 Å². The largest absolute Gasteiger partial charge is 0.372 e. The molecule has 6 heteroatoms. The zero-order chi connectivity index (χ0) is 18.0. The first-order valence-electron chi connectivity index (χ1n) is 9.20. The van der Waals surface area contributed by atoms with E-state index in [4.69, 9.17) is 9.47 Å². The number of aryl methyl sites for hydroxylation is 1. The fourth-order valence-electron chi connectivity index (χ4n) is 3.91. The molecule has 2 aromatic heterocycles. The third kappa shape index (κ3) is 3.52. The molecule has 0 saturated carbocycles. The summed E-state index contributed by atoms with van der Waals surface area (Å²) in [5, 5.41) is 0. The molecule has 4 heterocycles. The number of rotatable bonds is 4. The number of likely N-dealkylation sites (tertiary alicyclic amines) is 1. The second-order valence-corrected chi connectivity index (χ2v) is 7.28. The van der Waals surface area contributed by atoms with Gasteiger partial charge in [0.1, 0.15) is 5.69 Å². The molecule has 2 aliphatic heterocycles. The maximum Gasteiger partial charge on any atom is 0.270 e. The number of pyridine rings is 1. The minimum Gasteiger partial charge on any atom is -0.372 e. The number of piperidine rings is 1. The number of aromatic nitrogens is 2. The molecule has 26 heavy (non-hydrogen) atoms. The molecule has 0 aromatic carbocycles. The average molecular weight is 355 g/mol. The zero-order valence-corrected chi connectivity index (χ0v) is 15.1. The zero-order valence-electron chi connectivity index (χ0n) is 15.1. The second kappa shape index (κ2) is 7.21. The van der Waals surface area contributed by atoms with Crippen molar-refractivity contribution in [1.82, 2.24) is 14.5 Å². The van der Waals surface area contributed by atoms with Crippen molar-refractivity contribution in [3.8, 4) is 0 Å². The Morgan fingerprint density at radius 1 is 1.31 bits per heavy atom. The molecule has 0 bridgehead atoms. The van der Waals surface area contributed by atoms with E-state index in [2.05, 4.69) is 4.98 Å². The minimum atomic E-state index is -0.131. The minimum absolute atomic E-state index is 0.107. The number of hydrogen-bond donors (Lipinski definition) is 0. The quantitative estimate of drug-likeness (QED) is 0.845. The van der Waals surface area contributed by atoms with Gasteiger partial charge in [-0.05, 0) is 42.7 Å². The van der Waals surface area contributed by atoms with E-state index in [-0.39, 0.29) is 17.6 Å². The van der Waals surface area contributed by atoms with Gasteiger partial charge in [-0.25, -0.2) is 0 Å². The Morgan fingerprint density at radius 3 is 2.77 bits per heavy atom. The highest BCUT2D eigenvalue weighted by molar-refractivity contribution is 5.92. The van der Waals surface area contributed by atoms with Gasteiger partial charge in [0.25, 0.3) is 5.91 Å². The Labute approximate surface area is 153 Å². The number of amides is 1. The third-order valence-corrected chi connectivity index (χ3v) is 5.53. The first kappa shape index (κ1) is 17.2. The Kier molecular flexibility index (Phi) is 4.78. The summed E-state index contributed by atoms with van der Waals surface area (Å²) in [5.41, 5.74) is 1.74. The highest BCUT2D eigenvalue weighted by atomic mass is 16.6. The number of carbonyl (C=O) groups excluding carboxylic acids is 1. The van der Waals surface area contributed by atoms with Gasteiger partial charge >= 0.3 is 0 Å². The van der Waals surface area contributed by atoms with Crippen LogP contribution >= 0.6 is 0 Å². The topological polar surface area (TPSA) is 56.6 Å². The SMILES string of the molecule is Cn1cccc1C(=O)N1CCC2(CC1)C[C@@H](OCc1ccncc1)CO2. The average Bonchev–Trinajstić information content (AvgIpc) is 3.27. The van der Waals surface area contributed by atoms with Crippen LogP contribution in [0.4, 0.5) is 0 Å². The molecule has 1 atom stereocenters. The fourth-order valence-corrected chi connectivity index (χ4v) is 3.91. The second-order valence-electron chi connectivity index (χ2n) is 7.28. The van der Waals surface area contributed by atoms with Crippen LogP contribution in [0.1, 0.15) is 35.3 Å². The monoisotopic (exact) mass is 355 g/mol. The molecule has 138 valence electrons. The van der Waals surface area contributed by atoms with Crippen LogP contribution in [0.5, 0.6) is 0 Å². The van der Waals surface area contributed by atoms with E-state index in [0.717, 1.165) is 43.6 Å². The molecule has 0 radical (unpaired) electrons. The lowest BCUT2D eigenvalue weighted by atomic mass is 9.88. The summed E-state index contributed by atoms with van der Waals surface area (Å²) >= 11 is 0. The first-order valence-corrected chi connectivity index (χ1v) is 9.20. The number of hydrogen-bond acceptors (Lipinski definition) is 4. The Hall–Kier alpha value is -2.18. The van der Waals surface area contributed by atoms with Crippen LogP contribution in [0.3, 0.4) is 0 Å². The third-order valence-electron chi connectivity index (χ3n) is 5.53. The van der Waals surface area contributed by atoms with Crippen molar-refractivity contribution in [2.24, 2.45) is 7.05 Å². The summed E-state index contributed by atoms with van der Waals surface area (Å²) in [5.74, 6) is 0.107. The molecular weight excluding hydrogens is 330 g/mol. The number of nitrogens with zero attached hydrogens (tertiary/aromatic N) is 3. The van der Waals surface area contributed by atoms with E-state index in [1.165, 1.54) is 0 Å². The van der Waals surface area contributed by atoms with Crippen LogP contribution in [-0.2, 0) is 23.1 Å². The van der Waals surface area contributed by atoms with Crippen molar-refractivity contribution in [1.29, 1.82) is 0 Å². The van der Waals surface area contributed by atoms with Crippen molar-refractivity contribution >= 4 is 5.91 Å². The van der Waals surface area contributed by atoms with E-state index in [9.17, 15) is 4.79 Å². The van der Waals surface area contributed by atoms with Gasteiger partial charge in [-0.1, -0.05) is 0 Å². The van der Waals surface area contributed by atoms with Crippen LogP contribution in [-0.4, -0.2) is 51.8 Å². The summed E-state index contributed by atoms with van der Waals surface area (Å²) in [7, 11) is 1.91. The van der Waals surface area contributed by atoms with E-state index in [1.807, 2.05) is 47.0 Å². The maximum atomic E-state index is 12.6. The maximum absolute atomic E-state index is 12.6. The van der Waals surface area contributed by atoms with Crippen molar-refractivity contribution in [2.75, 3.05) is 19.7 Å². The standard InChI is InChI=1S/C20H25N3O3/c1-22-10-2-3-18(22)19(24)23-11-6-20(7-12-23)13-17(15-26-20)25-14-16-4-8-21-9-5-16/h2-5,8-10,17H,6-7,11-15H2,1H3/t17-/m1/s1. The van der Waals surface area contributed by atoms with Crippen LogP contribution in [0, 0.1) is 0 Å². The molecule has 4 rings (SSSR count). The Bertz CT molecular complexity index is 751. The first-order chi connectivity index (χ1) is 12.7. The molecule has 2 saturated heterocycles. The number of carbonyl (C=O) groups is 1. The lowest BCUT2D eigenvalue weighted by Gasteiger charge is -2.38. The van der Waals surface area contributed by atoms with E-state index in [1.54, 1.807) is 12.4 Å². The van der Waals surface area contributed by atoms with Gasteiger partial charge in [0.05, 0.1) is 24.9 Å². The van der Waals surface area contributed by atoms with Gasteiger partial charge in [-0.2, -0.15) is 0 Å². The predicted octanol–water partition coefficient (Wildman–Crippen LogP) is 2.40. The van der Waals surface area contributed by atoms with E-state index >= 15 is 0 Å². The summed E-state index contributed by atoms with van der Waals surface area (Å²) in [6.45, 7) is 2.70. The van der Waals surface area contributed by atoms with Gasteiger partial charge in [0, 0.05) is 45.1 Å². The lowest BCUT2D eigenvalue weighted by Crippen LogP contribution is -2.47. The predicted molar refractivity (Wildman–Crippen MR) is 96.7 cm³/mol. The Balaban J connectivity index is 1.29. The Morgan fingerprint density at radius 2 is 2.08 bits per heavy atom. The summed E-state index contributed by atoms with van der Waals surface area (Å²) < 4.78 is 14.0. The van der Waals surface area contributed by atoms with Crippen LogP contribution in [0.2, 0.25) is 0 Å². The van der Waals surface area contributed by atoms with Gasteiger partial charge in [0.15, 0.2) is 0 Å². The van der Waals surface area contributed by atoms with Gasteiger partial charge < -0.3 is 18.9 Å². The summed E-state index contributed by atoms with van der Waals surface area (Å²) in [6.07, 6.45) is 8.25. The van der Waals surface area contributed by atoms with E-state index in [0.29, 0.717) is 13.2 Å². The fraction of sp³-hybridized carbons (Fsp3) is 0.500. The number of ether oxygens (including phenoxy) is 2. The lowest BCUT2D eigenvalue weighted by molar-refractivity contribution is -0.0413. The van der Waals surface area contributed by atoms with Crippen molar-refractivity contribution in [3.05, 3.63) is 54.1 Å². The van der Waals surface area contributed by atoms with Crippen molar-refractivity contribution in [3.63, 3.8) is 0 Å². The molecule has 2 aliphatic rings. The normalized spacial score (nSPS) is 22.0. The molecule has 2 fully saturated rings. The molecule has 0 aliphatic carbocycles.